The number of halogens is 1. The minimum Gasteiger partial charge on any atom is -0.380 e. The first-order chi connectivity index (χ1) is 8.29. The van der Waals surface area contributed by atoms with E-state index < -0.39 is 0 Å². The van der Waals surface area contributed by atoms with Crippen LogP contribution in [0.4, 0.5) is 0 Å². The van der Waals surface area contributed by atoms with Crippen LogP contribution in [0.15, 0.2) is 18.2 Å². The summed E-state index contributed by atoms with van der Waals surface area (Å²) in [5.74, 6) is 0.806. The zero-order chi connectivity index (χ0) is 12.1. The van der Waals surface area contributed by atoms with Crippen LogP contribution in [-0.4, -0.2) is 20.2 Å². The van der Waals surface area contributed by atoms with Crippen molar-refractivity contribution in [3.05, 3.63) is 34.3 Å². The van der Waals surface area contributed by atoms with Gasteiger partial charge in [-0.1, -0.05) is 23.7 Å². The van der Waals surface area contributed by atoms with Gasteiger partial charge in [-0.05, 0) is 55.5 Å². The van der Waals surface area contributed by atoms with E-state index in [0.717, 1.165) is 36.0 Å². The molecule has 0 aromatic heterocycles. The average molecular weight is 254 g/mol. The van der Waals surface area contributed by atoms with E-state index in [1.807, 2.05) is 0 Å². The summed E-state index contributed by atoms with van der Waals surface area (Å²) < 4.78 is 5.11. The Kier molecular flexibility index (Phi) is 4.84. The molecule has 2 rings (SSSR count). The number of hydrogen-bond donors (Lipinski definition) is 1. The fraction of sp³-hybridized carbons (Fsp3) is 0.571. The third kappa shape index (κ3) is 3.70. The Balaban J connectivity index is 1.98. The fourth-order valence-electron chi connectivity index (χ4n) is 2.41. The average Bonchev–Trinajstić information content (AvgIpc) is 2.34. The van der Waals surface area contributed by atoms with Crippen LogP contribution in [0.3, 0.4) is 0 Å². The summed E-state index contributed by atoms with van der Waals surface area (Å²) >= 11 is 6.23. The smallest absolute Gasteiger partial charge is 0.0727 e. The van der Waals surface area contributed by atoms with Gasteiger partial charge in [0.15, 0.2) is 0 Å². The SMILES string of the molecule is COCc1ccc(CC2CCNCC2)cc1Cl. The number of benzene rings is 1. The Bertz CT molecular complexity index is 361. The van der Waals surface area contributed by atoms with E-state index in [0.29, 0.717) is 6.61 Å². The highest BCUT2D eigenvalue weighted by molar-refractivity contribution is 6.31. The van der Waals surface area contributed by atoms with Gasteiger partial charge in [0, 0.05) is 12.1 Å². The number of piperidine rings is 1. The van der Waals surface area contributed by atoms with E-state index in [4.69, 9.17) is 16.3 Å². The molecule has 3 heteroatoms. The van der Waals surface area contributed by atoms with Gasteiger partial charge in [-0.2, -0.15) is 0 Å². The van der Waals surface area contributed by atoms with Crippen molar-refractivity contribution in [2.24, 2.45) is 5.92 Å². The molecular weight excluding hydrogens is 234 g/mol. The van der Waals surface area contributed by atoms with Crippen LogP contribution < -0.4 is 5.32 Å². The molecule has 0 saturated carbocycles. The van der Waals surface area contributed by atoms with E-state index >= 15 is 0 Å². The van der Waals surface area contributed by atoms with Crippen molar-refractivity contribution in [3.8, 4) is 0 Å². The number of nitrogens with one attached hydrogen (secondary N) is 1. The number of ether oxygens (including phenoxy) is 1. The van der Waals surface area contributed by atoms with Crippen LogP contribution in [0.2, 0.25) is 5.02 Å². The molecule has 0 radical (unpaired) electrons. The topological polar surface area (TPSA) is 21.3 Å². The maximum absolute atomic E-state index is 6.23. The second-order valence-electron chi connectivity index (χ2n) is 4.76. The zero-order valence-electron chi connectivity index (χ0n) is 10.3. The Hall–Kier alpha value is -0.570. The third-order valence-electron chi connectivity index (χ3n) is 3.40. The molecule has 0 amide bonds. The largest absolute Gasteiger partial charge is 0.380 e. The summed E-state index contributed by atoms with van der Waals surface area (Å²) in [7, 11) is 1.69. The fourth-order valence-corrected chi connectivity index (χ4v) is 2.67. The van der Waals surface area contributed by atoms with E-state index in [2.05, 4.69) is 23.5 Å². The zero-order valence-corrected chi connectivity index (χ0v) is 11.1. The lowest BCUT2D eigenvalue weighted by Crippen LogP contribution is -2.28. The van der Waals surface area contributed by atoms with Gasteiger partial charge < -0.3 is 10.1 Å². The predicted octanol–water partition coefficient (Wildman–Crippen LogP) is 3.03. The molecule has 1 aromatic rings. The Morgan fingerprint density at radius 1 is 1.35 bits per heavy atom. The molecule has 2 nitrogen and oxygen atoms in total. The normalized spacial score (nSPS) is 17.3. The first kappa shape index (κ1) is 12.9. The molecule has 94 valence electrons. The maximum Gasteiger partial charge on any atom is 0.0727 e. The van der Waals surface area contributed by atoms with Gasteiger partial charge in [0.05, 0.1) is 6.61 Å². The van der Waals surface area contributed by atoms with Gasteiger partial charge >= 0.3 is 0 Å². The van der Waals surface area contributed by atoms with Crippen molar-refractivity contribution < 1.29 is 4.74 Å². The van der Waals surface area contributed by atoms with Crippen molar-refractivity contribution in [1.82, 2.24) is 5.32 Å². The summed E-state index contributed by atoms with van der Waals surface area (Å²) in [4.78, 5) is 0. The maximum atomic E-state index is 6.23. The van der Waals surface area contributed by atoms with Crippen LogP contribution >= 0.6 is 11.6 Å². The standard InChI is InChI=1S/C14H20ClNO/c1-17-10-13-3-2-12(9-14(13)15)8-11-4-6-16-7-5-11/h2-3,9,11,16H,4-8,10H2,1H3. The number of methoxy groups -OCH3 is 1. The number of hydrogen-bond acceptors (Lipinski definition) is 2. The molecule has 1 aliphatic heterocycles. The van der Waals surface area contributed by atoms with E-state index in [1.165, 1.54) is 18.4 Å². The van der Waals surface area contributed by atoms with E-state index in [9.17, 15) is 0 Å². The van der Waals surface area contributed by atoms with Gasteiger partial charge in [0.25, 0.3) is 0 Å². The van der Waals surface area contributed by atoms with Gasteiger partial charge in [-0.3, -0.25) is 0 Å². The number of rotatable bonds is 4. The van der Waals surface area contributed by atoms with Crippen molar-refractivity contribution in [3.63, 3.8) is 0 Å². The first-order valence-electron chi connectivity index (χ1n) is 6.26. The van der Waals surface area contributed by atoms with Crippen molar-refractivity contribution in [2.45, 2.75) is 25.9 Å². The molecule has 1 N–H and O–H groups in total. The summed E-state index contributed by atoms with van der Waals surface area (Å²) in [6.45, 7) is 2.90. The lowest BCUT2D eigenvalue weighted by molar-refractivity contribution is 0.185. The summed E-state index contributed by atoms with van der Waals surface area (Å²) in [6.07, 6.45) is 3.70. The van der Waals surface area contributed by atoms with Gasteiger partial charge in [0.2, 0.25) is 0 Å². The molecule has 1 heterocycles. The molecule has 1 saturated heterocycles. The Labute approximate surface area is 108 Å². The van der Waals surface area contributed by atoms with Crippen LogP contribution in [0.25, 0.3) is 0 Å². The molecule has 1 aliphatic rings. The van der Waals surface area contributed by atoms with Gasteiger partial charge in [0.1, 0.15) is 0 Å². The van der Waals surface area contributed by atoms with Crippen LogP contribution in [0, 0.1) is 5.92 Å². The molecule has 0 aliphatic carbocycles. The molecular formula is C14H20ClNO. The lowest BCUT2D eigenvalue weighted by Gasteiger charge is -2.22. The monoisotopic (exact) mass is 253 g/mol. The minimum absolute atomic E-state index is 0.590. The second-order valence-corrected chi connectivity index (χ2v) is 5.16. The quantitative estimate of drug-likeness (QED) is 0.891. The highest BCUT2D eigenvalue weighted by atomic mass is 35.5. The van der Waals surface area contributed by atoms with E-state index in [-0.39, 0.29) is 0 Å². The molecule has 0 atom stereocenters. The van der Waals surface area contributed by atoms with Gasteiger partial charge in [-0.25, -0.2) is 0 Å². The van der Waals surface area contributed by atoms with Crippen molar-refractivity contribution in [2.75, 3.05) is 20.2 Å². The van der Waals surface area contributed by atoms with Crippen molar-refractivity contribution >= 4 is 11.6 Å². The van der Waals surface area contributed by atoms with Crippen molar-refractivity contribution in [1.29, 1.82) is 0 Å². The van der Waals surface area contributed by atoms with Crippen LogP contribution in [0.5, 0.6) is 0 Å². The van der Waals surface area contributed by atoms with Crippen LogP contribution in [-0.2, 0) is 17.8 Å². The highest BCUT2D eigenvalue weighted by Crippen LogP contribution is 2.23. The summed E-state index contributed by atoms with van der Waals surface area (Å²) in [5, 5.41) is 4.23. The van der Waals surface area contributed by atoms with E-state index in [1.54, 1.807) is 7.11 Å². The molecule has 1 fully saturated rings. The van der Waals surface area contributed by atoms with Crippen LogP contribution in [0.1, 0.15) is 24.0 Å². The Morgan fingerprint density at radius 2 is 2.12 bits per heavy atom. The lowest BCUT2D eigenvalue weighted by atomic mass is 9.91. The highest BCUT2D eigenvalue weighted by Gasteiger charge is 2.14. The predicted molar refractivity (Wildman–Crippen MR) is 71.5 cm³/mol. The van der Waals surface area contributed by atoms with Gasteiger partial charge in [-0.15, -0.1) is 0 Å². The summed E-state index contributed by atoms with van der Waals surface area (Å²) in [5.41, 5.74) is 2.42. The minimum atomic E-state index is 0.590. The molecule has 0 spiro atoms. The molecule has 0 bridgehead atoms. The second kappa shape index (κ2) is 6.39. The first-order valence-corrected chi connectivity index (χ1v) is 6.64. The molecule has 0 unspecified atom stereocenters. The summed E-state index contributed by atoms with van der Waals surface area (Å²) in [6, 6.07) is 6.36. The molecule has 1 aromatic carbocycles. The Morgan fingerprint density at radius 3 is 2.76 bits per heavy atom. The molecule has 17 heavy (non-hydrogen) atoms. The third-order valence-corrected chi connectivity index (χ3v) is 3.75.